The summed E-state index contributed by atoms with van der Waals surface area (Å²) in [6.45, 7) is 3.65. The van der Waals surface area contributed by atoms with E-state index in [-0.39, 0.29) is 12.5 Å². The summed E-state index contributed by atoms with van der Waals surface area (Å²) in [5.41, 5.74) is 5.84. The molecule has 9 nitrogen and oxygen atoms in total. The summed E-state index contributed by atoms with van der Waals surface area (Å²) in [6, 6.07) is 17.2. The van der Waals surface area contributed by atoms with Gasteiger partial charge in [-0.05, 0) is 79.1 Å². The second-order valence-electron chi connectivity index (χ2n) is 7.71. The number of nitrogens with zero attached hydrogens (tertiary/aromatic N) is 1. The van der Waals surface area contributed by atoms with Gasteiger partial charge in [0, 0.05) is 15.8 Å². The fraction of sp³-hybridized carbons (Fsp3) is 0.154. The Kier molecular flexibility index (Phi) is 9.18. The van der Waals surface area contributed by atoms with Gasteiger partial charge >= 0.3 is 11.8 Å². The lowest BCUT2D eigenvalue weighted by Crippen LogP contribution is -2.32. The van der Waals surface area contributed by atoms with E-state index >= 15 is 0 Å². The van der Waals surface area contributed by atoms with Gasteiger partial charge in [0.25, 0.3) is 5.91 Å². The minimum Gasteiger partial charge on any atom is -0.497 e. The van der Waals surface area contributed by atoms with Crippen LogP contribution in [0.3, 0.4) is 0 Å². The first-order valence-corrected chi connectivity index (χ1v) is 11.6. The van der Waals surface area contributed by atoms with E-state index in [1.165, 1.54) is 13.3 Å². The van der Waals surface area contributed by atoms with E-state index in [1.807, 2.05) is 26.0 Å². The van der Waals surface area contributed by atoms with Crippen molar-refractivity contribution < 1.29 is 23.9 Å². The van der Waals surface area contributed by atoms with Crippen LogP contribution >= 0.6 is 15.9 Å². The van der Waals surface area contributed by atoms with Crippen molar-refractivity contribution in [3.05, 3.63) is 81.8 Å². The summed E-state index contributed by atoms with van der Waals surface area (Å²) in [5.74, 6) is -1.01. The zero-order valence-electron chi connectivity index (χ0n) is 19.9. The third-order valence-corrected chi connectivity index (χ3v) is 5.38. The molecule has 0 aromatic heterocycles. The van der Waals surface area contributed by atoms with E-state index in [4.69, 9.17) is 9.47 Å². The van der Waals surface area contributed by atoms with Crippen LogP contribution in [0.15, 0.2) is 70.2 Å². The quantitative estimate of drug-likeness (QED) is 0.220. The van der Waals surface area contributed by atoms with Gasteiger partial charge in [-0.15, -0.1) is 0 Å². The number of benzene rings is 3. The molecule has 0 aliphatic rings. The Morgan fingerprint density at radius 3 is 2.28 bits per heavy atom. The van der Waals surface area contributed by atoms with Gasteiger partial charge < -0.3 is 20.1 Å². The summed E-state index contributed by atoms with van der Waals surface area (Å²) in [4.78, 5) is 36.4. The molecule has 3 aromatic rings. The van der Waals surface area contributed by atoms with Crippen molar-refractivity contribution in [2.24, 2.45) is 5.10 Å². The summed E-state index contributed by atoms with van der Waals surface area (Å²) in [6.07, 6.45) is 1.36. The number of anilines is 2. The molecule has 0 saturated heterocycles. The molecule has 186 valence electrons. The van der Waals surface area contributed by atoms with E-state index < -0.39 is 11.8 Å². The van der Waals surface area contributed by atoms with Crippen LogP contribution in [0.5, 0.6) is 11.5 Å². The van der Waals surface area contributed by atoms with Crippen LogP contribution in [0.25, 0.3) is 0 Å². The number of aryl methyl sites for hydroxylation is 2. The number of hydrogen-bond acceptors (Lipinski definition) is 6. The first-order valence-electron chi connectivity index (χ1n) is 10.8. The Bertz CT molecular complexity index is 1270. The molecule has 0 aliphatic carbocycles. The molecule has 0 bridgehead atoms. The number of carbonyl (C=O) groups excluding carboxylic acids is 3. The number of halogens is 1. The Morgan fingerprint density at radius 1 is 0.917 bits per heavy atom. The van der Waals surface area contributed by atoms with Crippen LogP contribution in [0.2, 0.25) is 0 Å². The number of rotatable bonds is 8. The molecule has 0 fully saturated rings. The van der Waals surface area contributed by atoms with Crippen LogP contribution in [0.1, 0.15) is 16.7 Å². The molecule has 3 rings (SSSR count). The van der Waals surface area contributed by atoms with Crippen molar-refractivity contribution in [3.8, 4) is 11.5 Å². The summed E-state index contributed by atoms with van der Waals surface area (Å²) >= 11 is 3.44. The standard InChI is InChI=1S/C26H25BrN4O5/c1-16-11-19(27)12-17(2)24(16)30-23(32)15-36-22-6-4-5-18(13-22)14-28-31-26(34)25(33)29-20-7-9-21(35-3)10-8-20/h4-14H,15H2,1-3H3,(H,29,33)(H,30,32)(H,31,34)/b28-14-. The van der Waals surface area contributed by atoms with Crippen LogP contribution in [0.4, 0.5) is 11.4 Å². The van der Waals surface area contributed by atoms with E-state index in [2.05, 4.69) is 37.1 Å². The highest BCUT2D eigenvalue weighted by Crippen LogP contribution is 2.25. The van der Waals surface area contributed by atoms with Crippen molar-refractivity contribution in [2.45, 2.75) is 13.8 Å². The van der Waals surface area contributed by atoms with E-state index in [1.54, 1.807) is 48.5 Å². The maximum atomic E-state index is 12.4. The van der Waals surface area contributed by atoms with Crippen LogP contribution in [0, 0.1) is 13.8 Å². The second kappa shape index (κ2) is 12.5. The Balaban J connectivity index is 1.49. The van der Waals surface area contributed by atoms with E-state index in [0.29, 0.717) is 22.7 Å². The molecule has 3 amide bonds. The number of ether oxygens (including phenoxy) is 2. The molecule has 10 heteroatoms. The van der Waals surface area contributed by atoms with Crippen LogP contribution in [-0.4, -0.2) is 37.7 Å². The molecule has 36 heavy (non-hydrogen) atoms. The zero-order chi connectivity index (χ0) is 26.1. The van der Waals surface area contributed by atoms with Gasteiger partial charge in [0.05, 0.1) is 13.3 Å². The summed E-state index contributed by atoms with van der Waals surface area (Å²) < 4.78 is 11.6. The molecular formula is C26H25BrN4O5. The number of hydrogen-bond donors (Lipinski definition) is 3. The highest BCUT2D eigenvalue weighted by Gasteiger charge is 2.13. The molecule has 0 heterocycles. The highest BCUT2D eigenvalue weighted by atomic mass is 79.9. The lowest BCUT2D eigenvalue weighted by molar-refractivity contribution is -0.136. The minimum atomic E-state index is -0.926. The predicted molar refractivity (Wildman–Crippen MR) is 142 cm³/mol. The van der Waals surface area contributed by atoms with Gasteiger partial charge in [0.1, 0.15) is 11.5 Å². The minimum absolute atomic E-state index is 0.183. The molecule has 0 atom stereocenters. The van der Waals surface area contributed by atoms with Gasteiger partial charge in [-0.25, -0.2) is 5.43 Å². The molecule has 0 saturated carbocycles. The second-order valence-corrected chi connectivity index (χ2v) is 8.62. The molecule has 0 radical (unpaired) electrons. The summed E-state index contributed by atoms with van der Waals surface area (Å²) in [5, 5.41) is 9.14. The molecule has 0 spiro atoms. The largest absolute Gasteiger partial charge is 0.497 e. The van der Waals surface area contributed by atoms with Crippen molar-refractivity contribution in [2.75, 3.05) is 24.4 Å². The average Bonchev–Trinajstić information content (AvgIpc) is 2.85. The van der Waals surface area contributed by atoms with Gasteiger partial charge in [0.2, 0.25) is 0 Å². The van der Waals surface area contributed by atoms with Crippen molar-refractivity contribution in [3.63, 3.8) is 0 Å². The topological polar surface area (TPSA) is 118 Å². The van der Waals surface area contributed by atoms with Crippen LogP contribution in [-0.2, 0) is 14.4 Å². The zero-order valence-corrected chi connectivity index (χ0v) is 21.5. The molecule has 3 N–H and O–H groups in total. The lowest BCUT2D eigenvalue weighted by Gasteiger charge is -2.13. The monoisotopic (exact) mass is 552 g/mol. The van der Waals surface area contributed by atoms with Gasteiger partial charge in [-0.1, -0.05) is 28.1 Å². The first kappa shape index (κ1) is 26.4. The fourth-order valence-corrected chi connectivity index (χ4v) is 3.88. The molecule has 0 unspecified atom stereocenters. The SMILES string of the molecule is COc1ccc(NC(=O)C(=O)N/N=C\c2cccc(OCC(=O)Nc3c(C)cc(Br)cc3C)c2)cc1. The fourth-order valence-electron chi connectivity index (χ4n) is 3.20. The van der Waals surface area contributed by atoms with Crippen LogP contribution < -0.4 is 25.5 Å². The van der Waals surface area contributed by atoms with Crippen molar-refractivity contribution in [1.82, 2.24) is 5.43 Å². The van der Waals surface area contributed by atoms with Gasteiger partial charge in [-0.2, -0.15) is 5.10 Å². The Morgan fingerprint density at radius 2 is 1.61 bits per heavy atom. The number of methoxy groups -OCH3 is 1. The first-order chi connectivity index (χ1) is 17.2. The van der Waals surface area contributed by atoms with E-state index in [9.17, 15) is 14.4 Å². The number of nitrogens with one attached hydrogen (secondary N) is 3. The molecular weight excluding hydrogens is 528 g/mol. The number of amides is 3. The molecule has 0 aliphatic heterocycles. The summed E-state index contributed by atoms with van der Waals surface area (Å²) in [7, 11) is 1.53. The van der Waals surface area contributed by atoms with Gasteiger partial charge in [-0.3, -0.25) is 14.4 Å². The Hall–Kier alpha value is -4.18. The van der Waals surface area contributed by atoms with E-state index in [0.717, 1.165) is 21.3 Å². The Labute approximate surface area is 217 Å². The van der Waals surface area contributed by atoms with Crippen molar-refractivity contribution >= 4 is 51.2 Å². The van der Waals surface area contributed by atoms with Crippen molar-refractivity contribution in [1.29, 1.82) is 0 Å². The smallest absolute Gasteiger partial charge is 0.329 e. The third-order valence-electron chi connectivity index (χ3n) is 4.92. The lowest BCUT2D eigenvalue weighted by atomic mass is 10.1. The highest BCUT2D eigenvalue weighted by molar-refractivity contribution is 9.10. The predicted octanol–water partition coefficient (Wildman–Crippen LogP) is 4.18. The third kappa shape index (κ3) is 7.67. The number of carbonyl (C=O) groups is 3. The number of hydrazone groups is 1. The maximum absolute atomic E-state index is 12.4. The maximum Gasteiger partial charge on any atom is 0.329 e. The normalized spacial score (nSPS) is 10.6. The molecule has 3 aromatic carbocycles. The van der Waals surface area contributed by atoms with Gasteiger partial charge in [0.15, 0.2) is 6.61 Å². The average molecular weight is 553 g/mol.